The van der Waals surface area contributed by atoms with Gasteiger partial charge in [-0.15, -0.1) is 0 Å². The zero-order chi connectivity index (χ0) is 66.5. The number of rotatable bonds is 70. The summed E-state index contributed by atoms with van der Waals surface area (Å²) in [6, 6.07) is 0. The number of hydrogen-bond donors (Lipinski definition) is 3. The molecule has 0 spiro atoms. The third-order valence-electron chi connectivity index (χ3n) is 16.8. The lowest BCUT2D eigenvalue weighted by Gasteiger charge is -2.21. The van der Waals surface area contributed by atoms with Crippen molar-refractivity contribution in [1.29, 1.82) is 0 Å². The first-order valence-corrected chi connectivity index (χ1v) is 40.0. The van der Waals surface area contributed by atoms with Crippen LogP contribution in [-0.2, 0) is 65.4 Å². The van der Waals surface area contributed by atoms with Gasteiger partial charge in [-0.05, 0) is 37.5 Å². The smallest absolute Gasteiger partial charge is 0.462 e. The van der Waals surface area contributed by atoms with Crippen LogP contribution in [0.15, 0.2) is 0 Å². The summed E-state index contributed by atoms with van der Waals surface area (Å²) < 4.78 is 68.2. The van der Waals surface area contributed by atoms with Gasteiger partial charge in [0.25, 0.3) is 0 Å². The van der Waals surface area contributed by atoms with Crippen LogP contribution in [0.1, 0.15) is 363 Å². The average molecular weight is 1330 g/mol. The van der Waals surface area contributed by atoms with E-state index in [1.54, 1.807) is 0 Å². The van der Waals surface area contributed by atoms with Gasteiger partial charge in [0.15, 0.2) is 12.2 Å². The molecule has 0 saturated heterocycles. The van der Waals surface area contributed by atoms with Gasteiger partial charge in [0, 0.05) is 25.7 Å². The molecule has 19 heteroatoms. The second-order valence-electron chi connectivity index (χ2n) is 26.3. The number of carbonyl (C=O) groups is 4. The molecule has 3 N–H and O–H groups in total. The molecule has 0 fully saturated rings. The van der Waals surface area contributed by atoms with Gasteiger partial charge in [-0.2, -0.15) is 0 Å². The summed E-state index contributed by atoms with van der Waals surface area (Å²) in [5.74, 6) is -0.596. The standard InChI is InChI=1S/C71H138O17P2/c1-7-10-12-14-16-18-19-27-31-35-42-48-54-69(74)82-59-66(87-70(75)55-49-43-36-32-28-25-23-21-20-22-24-26-30-33-39-45-51-63(4)5)61-85-89(77,78)83-57-65(72)58-84-90(79,80)86-62-67(60-81-68(73)53-47-41-34-29-17-15-13-11-8-2)88-71(76)56-50-44-38-37-40-46-52-64(6)9-3/h63-67,72H,7-62H2,1-6H3,(H,77,78)(H,79,80)/t64?,65-,66-,67-/m1/s1. The third-order valence-corrected chi connectivity index (χ3v) is 18.7. The van der Waals surface area contributed by atoms with Gasteiger partial charge in [-0.3, -0.25) is 37.3 Å². The summed E-state index contributed by atoms with van der Waals surface area (Å²) in [6.45, 7) is 9.52. The molecule has 0 bridgehead atoms. The lowest BCUT2D eigenvalue weighted by molar-refractivity contribution is -0.161. The Bertz CT molecular complexity index is 1750. The number of unbranched alkanes of at least 4 members (excludes halogenated alkanes) is 39. The second-order valence-corrected chi connectivity index (χ2v) is 29.3. The van der Waals surface area contributed by atoms with Crippen molar-refractivity contribution < 1.29 is 80.2 Å². The highest BCUT2D eigenvalue weighted by molar-refractivity contribution is 7.47. The molecule has 0 aliphatic rings. The van der Waals surface area contributed by atoms with Gasteiger partial charge in [-0.25, -0.2) is 9.13 Å². The fourth-order valence-electron chi connectivity index (χ4n) is 10.7. The Morgan fingerprint density at radius 2 is 0.567 bits per heavy atom. The number of phosphoric ester groups is 2. The van der Waals surface area contributed by atoms with Crippen molar-refractivity contribution in [3.63, 3.8) is 0 Å². The van der Waals surface area contributed by atoms with E-state index in [4.69, 9.17) is 37.0 Å². The molecule has 0 amide bonds. The van der Waals surface area contributed by atoms with Crippen LogP contribution in [-0.4, -0.2) is 96.7 Å². The van der Waals surface area contributed by atoms with Crippen molar-refractivity contribution in [2.45, 2.75) is 381 Å². The Balaban J connectivity index is 5.20. The Hall–Kier alpha value is -1.94. The molecule has 0 saturated carbocycles. The first-order valence-electron chi connectivity index (χ1n) is 37.0. The van der Waals surface area contributed by atoms with E-state index in [2.05, 4.69) is 41.5 Å². The molecular formula is C71H138O17P2. The summed E-state index contributed by atoms with van der Waals surface area (Å²) in [6.07, 6.45) is 48.6. The van der Waals surface area contributed by atoms with Gasteiger partial charge in [-0.1, -0.05) is 311 Å². The van der Waals surface area contributed by atoms with Crippen LogP contribution >= 0.6 is 15.6 Å². The highest BCUT2D eigenvalue weighted by Crippen LogP contribution is 2.45. The highest BCUT2D eigenvalue weighted by atomic mass is 31.2. The largest absolute Gasteiger partial charge is 0.472 e. The first-order chi connectivity index (χ1) is 43.4. The van der Waals surface area contributed by atoms with Crippen molar-refractivity contribution in [2.24, 2.45) is 11.8 Å². The van der Waals surface area contributed by atoms with Gasteiger partial charge in [0.2, 0.25) is 0 Å². The van der Waals surface area contributed by atoms with E-state index in [1.807, 2.05) is 0 Å². The van der Waals surface area contributed by atoms with Crippen LogP contribution in [0, 0.1) is 11.8 Å². The summed E-state index contributed by atoms with van der Waals surface area (Å²) in [7, 11) is -9.90. The maximum Gasteiger partial charge on any atom is 0.472 e. The van der Waals surface area contributed by atoms with Crippen LogP contribution in [0.25, 0.3) is 0 Å². The maximum absolute atomic E-state index is 13.0. The lowest BCUT2D eigenvalue weighted by Crippen LogP contribution is -2.30. The summed E-state index contributed by atoms with van der Waals surface area (Å²) >= 11 is 0. The number of carbonyl (C=O) groups excluding carboxylic acids is 4. The number of aliphatic hydroxyl groups excluding tert-OH is 1. The summed E-state index contributed by atoms with van der Waals surface area (Å²) in [5, 5.41) is 10.6. The molecule has 0 aliphatic carbocycles. The van der Waals surface area contributed by atoms with Crippen LogP contribution in [0.2, 0.25) is 0 Å². The SMILES string of the molecule is CCCCCCCCCCCCCCC(=O)OC[C@H](COP(=O)(O)OC[C@@H](O)COP(=O)(O)OC[C@@H](COC(=O)CCCCCCCCCCC)OC(=O)CCCCCCCCC(C)CC)OC(=O)CCCCCCCCCCCCCCCCCCC(C)C. The lowest BCUT2D eigenvalue weighted by atomic mass is 10.00. The van der Waals surface area contributed by atoms with E-state index in [0.717, 1.165) is 102 Å². The van der Waals surface area contributed by atoms with Crippen LogP contribution in [0.3, 0.4) is 0 Å². The molecule has 17 nitrogen and oxygen atoms in total. The topological polar surface area (TPSA) is 237 Å². The van der Waals surface area contributed by atoms with E-state index >= 15 is 0 Å². The van der Waals surface area contributed by atoms with Crippen LogP contribution < -0.4 is 0 Å². The molecule has 0 aromatic carbocycles. The average Bonchev–Trinajstić information content (AvgIpc) is 3.21. The van der Waals surface area contributed by atoms with Crippen molar-refractivity contribution in [1.82, 2.24) is 0 Å². The second kappa shape index (κ2) is 63.1. The molecule has 0 heterocycles. The number of esters is 4. The van der Waals surface area contributed by atoms with Gasteiger partial charge in [0.1, 0.15) is 19.3 Å². The van der Waals surface area contributed by atoms with E-state index in [9.17, 15) is 43.2 Å². The van der Waals surface area contributed by atoms with E-state index in [-0.39, 0.29) is 25.7 Å². The zero-order valence-electron chi connectivity index (χ0n) is 58.4. The summed E-state index contributed by atoms with van der Waals surface area (Å²) in [5.41, 5.74) is 0. The molecule has 0 rings (SSSR count). The minimum atomic E-state index is -4.95. The van der Waals surface area contributed by atoms with Crippen molar-refractivity contribution in [3.8, 4) is 0 Å². The normalized spacial score (nSPS) is 14.4. The minimum Gasteiger partial charge on any atom is -0.462 e. The highest BCUT2D eigenvalue weighted by Gasteiger charge is 2.30. The number of aliphatic hydroxyl groups is 1. The van der Waals surface area contributed by atoms with Crippen molar-refractivity contribution in [2.75, 3.05) is 39.6 Å². The van der Waals surface area contributed by atoms with Gasteiger partial charge in [0.05, 0.1) is 26.4 Å². The summed E-state index contributed by atoms with van der Waals surface area (Å²) in [4.78, 5) is 72.5. The van der Waals surface area contributed by atoms with Crippen molar-refractivity contribution in [3.05, 3.63) is 0 Å². The number of phosphoric acid groups is 2. The van der Waals surface area contributed by atoms with E-state index in [0.29, 0.717) is 25.7 Å². The third kappa shape index (κ3) is 63.5. The minimum absolute atomic E-state index is 0.103. The Labute approximate surface area is 549 Å². The molecule has 3 unspecified atom stereocenters. The van der Waals surface area contributed by atoms with Gasteiger partial charge < -0.3 is 33.8 Å². The number of ether oxygens (including phenoxy) is 4. The van der Waals surface area contributed by atoms with Crippen LogP contribution in [0.5, 0.6) is 0 Å². The monoisotopic (exact) mass is 1320 g/mol. The Kier molecular flexibility index (Phi) is 61.8. The molecule has 534 valence electrons. The van der Waals surface area contributed by atoms with Gasteiger partial charge >= 0.3 is 39.5 Å². The Morgan fingerprint density at radius 3 is 0.844 bits per heavy atom. The predicted molar refractivity (Wildman–Crippen MR) is 363 cm³/mol. The molecule has 0 aromatic heterocycles. The predicted octanol–water partition coefficient (Wildman–Crippen LogP) is 20.4. The van der Waals surface area contributed by atoms with E-state index in [1.165, 1.54) is 180 Å². The molecular weight excluding hydrogens is 1190 g/mol. The van der Waals surface area contributed by atoms with Crippen molar-refractivity contribution >= 4 is 39.5 Å². The zero-order valence-corrected chi connectivity index (χ0v) is 60.2. The molecule has 0 aliphatic heterocycles. The Morgan fingerprint density at radius 1 is 0.322 bits per heavy atom. The van der Waals surface area contributed by atoms with E-state index < -0.39 is 97.5 Å². The quantitative estimate of drug-likeness (QED) is 0.0222. The number of hydrogen-bond acceptors (Lipinski definition) is 15. The maximum atomic E-state index is 13.0. The molecule has 90 heavy (non-hydrogen) atoms. The molecule has 6 atom stereocenters. The molecule has 0 radical (unpaired) electrons. The first kappa shape index (κ1) is 88.1. The fourth-order valence-corrected chi connectivity index (χ4v) is 12.3. The molecule has 0 aromatic rings. The fraction of sp³-hybridized carbons (Fsp3) is 0.944. The van der Waals surface area contributed by atoms with Crippen LogP contribution in [0.4, 0.5) is 0 Å².